The summed E-state index contributed by atoms with van der Waals surface area (Å²) in [6.07, 6.45) is 14.8. The molecule has 0 saturated heterocycles. The van der Waals surface area contributed by atoms with Crippen LogP contribution in [0.15, 0.2) is 23.8 Å². The standard InChI is InChI=1S/C13H23N/c1-2-7-12(10-6-11-14)13-8-4-3-5-9-13/h6-7,10,13H,2-5,8-9,11,14H2,1H3/b10-6-,12-7+. The van der Waals surface area contributed by atoms with Gasteiger partial charge in [0.1, 0.15) is 0 Å². The van der Waals surface area contributed by atoms with E-state index in [4.69, 9.17) is 5.73 Å². The largest absolute Gasteiger partial charge is 0.327 e. The molecule has 0 aromatic carbocycles. The lowest BCUT2D eigenvalue weighted by Gasteiger charge is -2.22. The van der Waals surface area contributed by atoms with E-state index in [0.29, 0.717) is 6.54 Å². The highest BCUT2D eigenvalue weighted by Crippen LogP contribution is 2.30. The SMILES string of the molecule is CC/C=C(\C=C/CN)C1CCCCC1. The molecular formula is C13H23N. The molecule has 1 nitrogen and oxygen atoms in total. The third-order valence-electron chi connectivity index (χ3n) is 2.96. The Hall–Kier alpha value is -0.560. The van der Waals surface area contributed by atoms with E-state index in [1.807, 2.05) is 0 Å². The molecule has 1 fully saturated rings. The predicted molar refractivity (Wildman–Crippen MR) is 63.1 cm³/mol. The van der Waals surface area contributed by atoms with Crippen molar-refractivity contribution in [3.63, 3.8) is 0 Å². The molecule has 0 spiro atoms. The monoisotopic (exact) mass is 193 g/mol. The first-order valence-electron chi connectivity index (χ1n) is 5.95. The number of hydrogen-bond donors (Lipinski definition) is 1. The van der Waals surface area contributed by atoms with Crippen LogP contribution in [-0.4, -0.2) is 6.54 Å². The quantitative estimate of drug-likeness (QED) is 0.680. The second-order valence-corrected chi connectivity index (χ2v) is 4.09. The van der Waals surface area contributed by atoms with Gasteiger partial charge in [-0.05, 0) is 30.8 Å². The summed E-state index contributed by atoms with van der Waals surface area (Å²) < 4.78 is 0. The number of allylic oxidation sites excluding steroid dienone is 3. The van der Waals surface area contributed by atoms with E-state index < -0.39 is 0 Å². The fraction of sp³-hybridized carbons (Fsp3) is 0.692. The van der Waals surface area contributed by atoms with Crippen molar-refractivity contribution in [2.75, 3.05) is 6.54 Å². The molecule has 0 aromatic rings. The minimum Gasteiger partial charge on any atom is -0.327 e. The first-order chi connectivity index (χ1) is 6.88. The summed E-state index contributed by atoms with van der Waals surface area (Å²) in [6, 6.07) is 0. The van der Waals surface area contributed by atoms with Gasteiger partial charge in [-0.2, -0.15) is 0 Å². The van der Waals surface area contributed by atoms with Crippen molar-refractivity contribution < 1.29 is 0 Å². The molecule has 80 valence electrons. The van der Waals surface area contributed by atoms with Crippen LogP contribution in [0.2, 0.25) is 0 Å². The van der Waals surface area contributed by atoms with Gasteiger partial charge in [0.2, 0.25) is 0 Å². The molecule has 1 rings (SSSR count). The Kier molecular flexibility index (Phi) is 5.62. The minimum atomic E-state index is 0.660. The van der Waals surface area contributed by atoms with Crippen molar-refractivity contribution in [2.45, 2.75) is 45.4 Å². The van der Waals surface area contributed by atoms with Crippen LogP contribution in [0.5, 0.6) is 0 Å². The number of hydrogen-bond acceptors (Lipinski definition) is 1. The Labute approximate surface area is 88.1 Å². The topological polar surface area (TPSA) is 26.0 Å². The highest BCUT2D eigenvalue weighted by Gasteiger charge is 2.15. The van der Waals surface area contributed by atoms with Crippen molar-refractivity contribution in [1.29, 1.82) is 0 Å². The zero-order valence-electron chi connectivity index (χ0n) is 9.34. The van der Waals surface area contributed by atoms with Crippen LogP contribution in [0.4, 0.5) is 0 Å². The summed E-state index contributed by atoms with van der Waals surface area (Å²) >= 11 is 0. The van der Waals surface area contributed by atoms with E-state index in [1.54, 1.807) is 0 Å². The second kappa shape index (κ2) is 6.83. The van der Waals surface area contributed by atoms with Gasteiger partial charge in [0.05, 0.1) is 0 Å². The average molecular weight is 193 g/mol. The van der Waals surface area contributed by atoms with Crippen LogP contribution in [0, 0.1) is 5.92 Å². The van der Waals surface area contributed by atoms with Crippen molar-refractivity contribution in [2.24, 2.45) is 11.7 Å². The van der Waals surface area contributed by atoms with Gasteiger partial charge < -0.3 is 5.73 Å². The first-order valence-corrected chi connectivity index (χ1v) is 5.95. The van der Waals surface area contributed by atoms with E-state index in [-0.39, 0.29) is 0 Å². The summed E-state index contributed by atoms with van der Waals surface area (Å²) in [6.45, 7) is 2.87. The van der Waals surface area contributed by atoms with Gasteiger partial charge >= 0.3 is 0 Å². The van der Waals surface area contributed by atoms with E-state index >= 15 is 0 Å². The van der Waals surface area contributed by atoms with Gasteiger partial charge in [0, 0.05) is 6.54 Å². The van der Waals surface area contributed by atoms with Gasteiger partial charge in [-0.3, -0.25) is 0 Å². The summed E-state index contributed by atoms with van der Waals surface area (Å²) in [5.41, 5.74) is 7.01. The minimum absolute atomic E-state index is 0.660. The van der Waals surface area contributed by atoms with Crippen LogP contribution in [0.3, 0.4) is 0 Å². The molecule has 0 atom stereocenters. The number of nitrogens with two attached hydrogens (primary N) is 1. The lowest BCUT2D eigenvalue weighted by Crippen LogP contribution is -2.08. The lowest BCUT2D eigenvalue weighted by atomic mass is 9.83. The van der Waals surface area contributed by atoms with E-state index in [0.717, 1.165) is 12.3 Å². The predicted octanol–water partition coefficient (Wildman–Crippen LogP) is 3.42. The molecule has 2 N–H and O–H groups in total. The zero-order chi connectivity index (χ0) is 10.2. The Morgan fingerprint density at radius 3 is 2.57 bits per heavy atom. The molecule has 0 aliphatic heterocycles. The fourth-order valence-electron chi connectivity index (χ4n) is 2.25. The Balaban J connectivity index is 2.56. The number of rotatable bonds is 4. The molecule has 1 saturated carbocycles. The molecule has 0 unspecified atom stereocenters. The van der Waals surface area contributed by atoms with Crippen LogP contribution >= 0.6 is 0 Å². The van der Waals surface area contributed by atoms with Crippen molar-refractivity contribution in [3.05, 3.63) is 23.8 Å². The molecule has 1 aliphatic rings. The van der Waals surface area contributed by atoms with Crippen LogP contribution in [0.1, 0.15) is 45.4 Å². The molecule has 1 aliphatic carbocycles. The smallest absolute Gasteiger partial charge is 0.0110 e. The van der Waals surface area contributed by atoms with Crippen molar-refractivity contribution in [1.82, 2.24) is 0 Å². The maximum atomic E-state index is 5.49. The molecule has 14 heavy (non-hydrogen) atoms. The zero-order valence-corrected chi connectivity index (χ0v) is 9.34. The van der Waals surface area contributed by atoms with Crippen LogP contribution in [-0.2, 0) is 0 Å². The van der Waals surface area contributed by atoms with E-state index in [9.17, 15) is 0 Å². The summed E-state index contributed by atoms with van der Waals surface area (Å²) in [4.78, 5) is 0. The first kappa shape index (κ1) is 11.5. The Morgan fingerprint density at radius 2 is 2.00 bits per heavy atom. The third-order valence-corrected chi connectivity index (χ3v) is 2.96. The van der Waals surface area contributed by atoms with E-state index in [1.165, 1.54) is 37.7 Å². The fourth-order valence-corrected chi connectivity index (χ4v) is 2.25. The molecule has 0 heterocycles. The summed E-state index contributed by atoms with van der Waals surface area (Å²) in [5.74, 6) is 0.812. The maximum absolute atomic E-state index is 5.49. The van der Waals surface area contributed by atoms with E-state index in [2.05, 4.69) is 25.2 Å². The van der Waals surface area contributed by atoms with Crippen LogP contribution < -0.4 is 5.73 Å². The normalized spacial score (nSPS) is 20.6. The summed E-state index contributed by atoms with van der Waals surface area (Å²) in [5, 5.41) is 0. The Bertz CT molecular complexity index is 197. The molecule has 1 heteroatoms. The molecule has 0 amide bonds. The molecule has 0 aromatic heterocycles. The van der Waals surface area contributed by atoms with Gasteiger partial charge in [-0.25, -0.2) is 0 Å². The van der Waals surface area contributed by atoms with Gasteiger partial charge in [-0.1, -0.05) is 44.4 Å². The Morgan fingerprint density at radius 1 is 1.29 bits per heavy atom. The highest BCUT2D eigenvalue weighted by atomic mass is 14.5. The molecule has 0 bridgehead atoms. The highest BCUT2D eigenvalue weighted by molar-refractivity contribution is 5.22. The van der Waals surface area contributed by atoms with Gasteiger partial charge in [-0.15, -0.1) is 0 Å². The average Bonchev–Trinajstić information content (AvgIpc) is 2.25. The second-order valence-electron chi connectivity index (χ2n) is 4.09. The van der Waals surface area contributed by atoms with Gasteiger partial charge in [0.15, 0.2) is 0 Å². The summed E-state index contributed by atoms with van der Waals surface area (Å²) in [7, 11) is 0. The molecular weight excluding hydrogens is 170 g/mol. The van der Waals surface area contributed by atoms with Gasteiger partial charge in [0.25, 0.3) is 0 Å². The van der Waals surface area contributed by atoms with Crippen molar-refractivity contribution in [3.8, 4) is 0 Å². The lowest BCUT2D eigenvalue weighted by molar-refractivity contribution is 0.407. The van der Waals surface area contributed by atoms with Crippen molar-refractivity contribution >= 4 is 0 Å². The maximum Gasteiger partial charge on any atom is 0.0110 e. The third kappa shape index (κ3) is 3.67. The van der Waals surface area contributed by atoms with Crippen LogP contribution in [0.25, 0.3) is 0 Å². The molecule has 0 radical (unpaired) electrons.